The molecule has 0 aliphatic carbocycles. The van der Waals surface area contributed by atoms with Crippen LogP contribution in [0, 0.1) is 6.92 Å². The van der Waals surface area contributed by atoms with E-state index in [0.717, 1.165) is 13.1 Å². The Morgan fingerprint density at radius 2 is 2.05 bits per heavy atom. The molecule has 0 spiro atoms. The number of likely N-dealkylation sites (N-methyl/N-ethyl adjacent to an activating group) is 1. The van der Waals surface area contributed by atoms with Gasteiger partial charge in [-0.2, -0.15) is 0 Å². The first-order valence-electron chi connectivity index (χ1n) is 7.56. The summed E-state index contributed by atoms with van der Waals surface area (Å²) in [5.41, 5.74) is 7.05. The van der Waals surface area contributed by atoms with Gasteiger partial charge in [0.15, 0.2) is 0 Å². The molecule has 1 unspecified atom stereocenters. The summed E-state index contributed by atoms with van der Waals surface area (Å²) in [5, 5.41) is 1.28. The molecule has 1 atom stereocenters. The van der Waals surface area contributed by atoms with Crippen molar-refractivity contribution in [2.75, 3.05) is 13.6 Å². The van der Waals surface area contributed by atoms with Crippen LogP contribution in [0.5, 0.6) is 0 Å². The molecule has 0 fully saturated rings. The highest BCUT2D eigenvalue weighted by Gasteiger charge is 2.25. The molecule has 0 radical (unpaired) electrons. The van der Waals surface area contributed by atoms with Crippen LogP contribution in [0.25, 0.3) is 10.9 Å². The number of H-pyrrole nitrogens is 1. The minimum absolute atomic E-state index is 0.464. The predicted molar refractivity (Wildman–Crippen MR) is 87.7 cm³/mol. The first-order valence-corrected chi connectivity index (χ1v) is 7.56. The predicted octanol–water partition coefficient (Wildman–Crippen LogP) is 4.05. The van der Waals surface area contributed by atoms with Crippen LogP contribution >= 0.6 is 0 Å². The van der Waals surface area contributed by atoms with Crippen molar-refractivity contribution >= 4 is 10.9 Å². The summed E-state index contributed by atoms with van der Waals surface area (Å²) < 4.78 is 0. The van der Waals surface area contributed by atoms with E-state index >= 15 is 0 Å². The molecule has 1 aliphatic rings. The molecule has 0 saturated carbocycles. The van der Waals surface area contributed by atoms with Crippen LogP contribution in [0.3, 0.4) is 0 Å². The van der Waals surface area contributed by atoms with Crippen LogP contribution in [-0.2, 0) is 6.54 Å². The first kappa shape index (κ1) is 12.7. The minimum atomic E-state index is 0.464. The van der Waals surface area contributed by atoms with Crippen molar-refractivity contribution in [3.05, 3.63) is 70.9 Å². The van der Waals surface area contributed by atoms with Crippen molar-refractivity contribution in [2.24, 2.45) is 0 Å². The fourth-order valence-corrected chi connectivity index (χ4v) is 3.58. The van der Waals surface area contributed by atoms with E-state index in [4.69, 9.17) is 0 Å². The van der Waals surface area contributed by atoms with Gasteiger partial charge in [-0.25, -0.2) is 0 Å². The highest BCUT2D eigenvalue weighted by molar-refractivity contribution is 5.80. The Kier molecular flexibility index (Phi) is 2.86. The molecule has 21 heavy (non-hydrogen) atoms. The average molecular weight is 276 g/mol. The van der Waals surface area contributed by atoms with Gasteiger partial charge in [0.25, 0.3) is 0 Å². The molecule has 0 bridgehead atoms. The van der Waals surface area contributed by atoms with Crippen LogP contribution in [0.1, 0.15) is 28.2 Å². The molecule has 3 aromatic rings. The van der Waals surface area contributed by atoms with Gasteiger partial charge in [-0.1, -0.05) is 30.3 Å². The van der Waals surface area contributed by atoms with E-state index in [-0.39, 0.29) is 0 Å². The number of nitrogens with one attached hydrogen (secondary N) is 1. The number of hydrogen-bond acceptors (Lipinski definition) is 1. The summed E-state index contributed by atoms with van der Waals surface area (Å²) in [6, 6.07) is 15.7. The van der Waals surface area contributed by atoms with Gasteiger partial charge in [0.2, 0.25) is 0 Å². The number of aromatic nitrogens is 1. The summed E-state index contributed by atoms with van der Waals surface area (Å²) in [4.78, 5) is 5.76. The fourth-order valence-electron chi connectivity index (χ4n) is 3.58. The van der Waals surface area contributed by atoms with Crippen molar-refractivity contribution in [2.45, 2.75) is 19.4 Å². The van der Waals surface area contributed by atoms with Crippen LogP contribution in [0.15, 0.2) is 48.7 Å². The number of aromatic amines is 1. The zero-order valence-corrected chi connectivity index (χ0v) is 12.6. The summed E-state index contributed by atoms with van der Waals surface area (Å²) in [5.74, 6) is 0.464. The number of aryl methyl sites for hydroxylation is 1. The maximum atomic E-state index is 3.33. The molecule has 2 nitrogen and oxygen atoms in total. The van der Waals surface area contributed by atoms with E-state index in [2.05, 4.69) is 66.3 Å². The molecule has 2 heteroatoms. The molecule has 0 saturated heterocycles. The van der Waals surface area contributed by atoms with Gasteiger partial charge < -0.3 is 9.88 Å². The van der Waals surface area contributed by atoms with Crippen LogP contribution < -0.4 is 0 Å². The van der Waals surface area contributed by atoms with E-state index in [1.807, 2.05) is 6.20 Å². The number of nitrogens with zero attached hydrogens (tertiary/aromatic N) is 1. The van der Waals surface area contributed by atoms with Crippen LogP contribution in [0.4, 0.5) is 0 Å². The molecule has 106 valence electrons. The van der Waals surface area contributed by atoms with Crippen molar-refractivity contribution in [3.8, 4) is 0 Å². The van der Waals surface area contributed by atoms with Gasteiger partial charge in [-0.05, 0) is 53.7 Å². The maximum Gasteiger partial charge on any atom is 0.0456 e. The maximum absolute atomic E-state index is 3.33. The summed E-state index contributed by atoms with van der Waals surface area (Å²) in [6.07, 6.45) is 2.01. The minimum Gasteiger partial charge on any atom is -0.361 e. The van der Waals surface area contributed by atoms with Gasteiger partial charge >= 0.3 is 0 Å². The topological polar surface area (TPSA) is 19.0 Å². The van der Waals surface area contributed by atoms with Crippen molar-refractivity contribution in [3.63, 3.8) is 0 Å². The summed E-state index contributed by atoms with van der Waals surface area (Å²) in [6.45, 7) is 4.37. The number of fused-ring (bicyclic) bond motifs is 2. The van der Waals surface area contributed by atoms with Gasteiger partial charge in [-0.3, -0.25) is 0 Å². The Hall–Kier alpha value is -2.06. The van der Waals surface area contributed by atoms with Crippen LogP contribution in [0.2, 0.25) is 0 Å². The molecule has 0 amide bonds. The smallest absolute Gasteiger partial charge is 0.0456 e. The lowest BCUT2D eigenvalue weighted by Gasteiger charge is -2.33. The number of benzene rings is 2. The monoisotopic (exact) mass is 276 g/mol. The van der Waals surface area contributed by atoms with Crippen molar-refractivity contribution in [1.82, 2.24) is 9.88 Å². The zero-order valence-electron chi connectivity index (χ0n) is 12.6. The summed E-state index contributed by atoms with van der Waals surface area (Å²) >= 11 is 0. The Bertz CT molecular complexity index is 800. The highest BCUT2D eigenvalue weighted by Crippen LogP contribution is 2.35. The second-order valence-electron chi connectivity index (χ2n) is 6.22. The second kappa shape index (κ2) is 4.74. The van der Waals surface area contributed by atoms with Crippen molar-refractivity contribution < 1.29 is 0 Å². The van der Waals surface area contributed by atoms with E-state index < -0.39 is 0 Å². The van der Waals surface area contributed by atoms with Crippen LogP contribution in [-0.4, -0.2) is 23.5 Å². The molecular formula is C19H20N2. The lowest BCUT2D eigenvalue weighted by molar-refractivity contribution is 0.294. The molecule has 2 heterocycles. The van der Waals surface area contributed by atoms with E-state index in [9.17, 15) is 0 Å². The third-order valence-electron chi connectivity index (χ3n) is 4.73. The number of hydrogen-bond donors (Lipinski definition) is 1. The molecule has 2 aromatic carbocycles. The lowest BCUT2D eigenvalue weighted by atomic mass is 9.83. The van der Waals surface area contributed by atoms with Crippen molar-refractivity contribution in [1.29, 1.82) is 0 Å². The molecule has 1 aromatic heterocycles. The molecule has 1 aliphatic heterocycles. The highest BCUT2D eigenvalue weighted by atomic mass is 15.1. The molecule has 4 rings (SSSR count). The van der Waals surface area contributed by atoms with Gasteiger partial charge in [-0.15, -0.1) is 0 Å². The Morgan fingerprint density at radius 1 is 1.14 bits per heavy atom. The fraction of sp³-hybridized carbons (Fsp3) is 0.263. The summed E-state index contributed by atoms with van der Waals surface area (Å²) in [7, 11) is 2.22. The van der Waals surface area contributed by atoms with E-state index in [0.29, 0.717) is 5.92 Å². The van der Waals surface area contributed by atoms with Gasteiger partial charge in [0.1, 0.15) is 0 Å². The van der Waals surface area contributed by atoms with E-state index in [1.165, 1.54) is 33.2 Å². The Balaban J connectivity index is 1.86. The first-order chi connectivity index (χ1) is 10.2. The largest absolute Gasteiger partial charge is 0.361 e. The SMILES string of the molecule is Cc1cccc2c1CN(C)CC2c1ccc2cc[nH]c2c1. The quantitative estimate of drug-likeness (QED) is 0.710. The second-order valence-corrected chi connectivity index (χ2v) is 6.22. The molecular weight excluding hydrogens is 256 g/mol. The zero-order chi connectivity index (χ0) is 14.4. The molecule has 1 N–H and O–H groups in total. The van der Waals surface area contributed by atoms with E-state index in [1.54, 1.807) is 0 Å². The number of rotatable bonds is 1. The Labute approximate surface area is 125 Å². The van der Waals surface area contributed by atoms with Gasteiger partial charge in [0, 0.05) is 30.7 Å². The third kappa shape index (κ3) is 2.07. The lowest BCUT2D eigenvalue weighted by Crippen LogP contribution is -2.31. The average Bonchev–Trinajstić information content (AvgIpc) is 2.95. The third-order valence-corrected chi connectivity index (χ3v) is 4.73. The Morgan fingerprint density at radius 3 is 2.95 bits per heavy atom. The standard InChI is InChI=1S/C19H20N2/c1-13-4-3-5-16-17(13)11-21(2)12-18(16)15-7-6-14-8-9-20-19(14)10-15/h3-10,18,20H,11-12H2,1-2H3. The van der Waals surface area contributed by atoms with Gasteiger partial charge in [0.05, 0.1) is 0 Å². The normalized spacial score (nSPS) is 18.9.